The minimum atomic E-state index is -3.90. The molecule has 0 unspecified atom stereocenters. The Bertz CT molecular complexity index is 801. The standard InChI is InChI=1S/C15H14ClNO4S/c1-10-2-4-11(5-3-10)9-17-22(20,21)14-8-12(15(18)19)6-7-13(14)16/h2-8,17H,9H2,1H3,(H,18,19). The van der Waals surface area contributed by atoms with Crippen molar-refractivity contribution in [3.63, 3.8) is 0 Å². The molecule has 2 aromatic rings. The molecule has 0 amide bonds. The van der Waals surface area contributed by atoms with Crippen LogP contribution in [0.3, 0.4) is 0 Å². The summed E-state index contributed by atoms with van der Waals surface area (Å²) in [5.74, 6) is -1.22. The summed E-state index contributed by atoms with van der Waals surface area (Å²) in [5, 5.41) is 8.91. The number of sulfonamides is 1. The van der Waals surface area contributed by atoms with E-state index in [1.54, 1.807) is 0 Å². The first-order valence-corrected chi connectivity index (χ1v) is 8.24. The second kappa shape index (κ2) is 6.48. The van der Waals surface area contributed by atoms with Crippen molar-refractivity contribution in [2.24, 2.45) is 0 Å². The van der Waals surface area contributed by atoms with Crippen molar-refractivity contribution in [2.75, 3.05) is 0 Å². The van der Waals surface area contributed by atoms with E-state index in [1.165, 1.54) is 12.1 Å². The van der Waals surface area contributed by atoms with Crippen LogP contribution in [0.4, 0.5) is 0 Å². The minimum absolute atomic E-state index is 0.0265. The molecule has 0 saturated carbocycles. The van der Waals surface area contributed by atoms with E-state index in [0.717, 1.165) is 17.2 Å². The number of halogens is 1. The van der Waals surface area contributed by atoms with Crippen molar-refractivity contribution >= 4 is 27.6 Å². The predicted molar refractivity (Wildman–Crippen MR) is 83.6 cm³/mol. The number of aryl methyl sites for hydroxylation is 1. The smallest absolute Gasteiger partial charge is 0.335 e. The van der Waals surface area contributed by atoms with E-state index in [2.05, 4.69) is 4.72 Å². The molecule has 22 heavy (non-hydrogen) atoms. The second-order valence-corrected chi connectivity index (χ2v) is 6.90. The molecule has 7 heteroatoms. The molecule has 0 radical (unpaired) electrons. The minimum Gasteiger partial charge on any atom is -0.478 e. The summed E-state index contributed by atoms with van der Waals surface area (Å²) >= 11 is 5.88. The summed E-state index contributed by atoms with van der Waals surface area (Å²) in [6.45, 7) is 2.03. The molecule has 0 heterocycles. The van der Waals surface area contributed by atoms with Crippen LogP contribution in [0.1, 0.15) is 21.5 Å². The van der Waals surface area contributed by atoms with Gasteiger partial charge in [0.2, 0.25) is 10.0 Å². The van der Waals surface area contributed by atoms with Crippen LogP contribution in [0.2, 0.25) is 5.02 Å². The molecule has 5 nitrogen and oxygen atoms in total. The van der Waals surface area contributed by atoms with Gasteiger partial charge in [-0.2, -0.15) is 0 Å². The highest BCUT2D eigenvalue weighted by Crippen LogP contribution is 2.23. The van der Waals surface area contributed by atoms with Crippen LogP contribution in [0.25, 0.3) is 0 Å². The molecule has 2 aromatic carbocycles. The van der Waals surface area contributed by atoms with Gasteiger partial charge in [-0.1, -0.05) is 41.4 Å². The fourth-order valence-corrected chi connectivity index (χ4v) is 3.35. The average molecular weight is 340 g/mol. The molecule has 0 aromatic heterocycles. The van der Waals surface area contributed by atoms with Gasteiger partial charge in [0, 0.05) is 6.54 Å². The van der Waals surface area contributed by atoms with Gasteiger partial charge in [-0.15, -0.1) is 0 Å². The zero-order chi connectivity index (χ0) is 16.3. The zero-order valence-corrected chi connectivity index (χ0v) is 13.3. The number of nitrogens with one attached hydrogen (secondary N) is 1. The first kappa shape index (κ1) is 16.5. The van der Waals surface area contributed by atoms with Crippen LogP contribution in [-0.2, 0) is 16.6 Å². The van der Waals surface area contributed by atoms with Gasteiger partial charge in [0.05, 0.1) is 10.6 Å². The molecule has 0 atom stereocenters. The van der Waals surface area contributed by atoms with Crippen molar-refractivity contribution < 1.29 is 18.3 Å². The topological polar surface area (TPSA) is 83.5 Å². The molecule has 0 bridgehead atoms. The van der Waals surface area contributed by atoms with Gasteiger partial charge in [-0.3, -0.25) is 0 Å². The Hall–Kier alpha value is -1.89. The number of hydrogen-bond acceptors (Lipinski definition) is 3. The van der Waals surface area contributed by atoms with E-state index in [0.29, 0.717) is 0 Å². The summed E-state index contributed by atoms with van der Waals surface area (Å²) < 4.78 is 27.0. The van der Waals surface area contributed by atoms with E-state index in [9.17, 15) is 13.2 Å². The zero-order valence-electron chi connectivity index (χ0n) is 11.7. The third-order valence-corrected chi connectivity index (χ3v) is 4.94. The number of benzene rings is 2. The van der Waals surface area contributed by atoms with Gasteiger partial charge in [-0.05, 0) is 30.7 Å². The third kappa shape index (κ3) is 3.85. The number of aromatic carboxylic acids is 1. The highest BCUT2D eigenvalue weighted by molar-refractivity contribution is 7.89. The van der Waals surface area contributed by atoms with Crippen LogP contribution >= 0.6 is 11.6 Å². The lowest BCUT2D eigenvalue weighted by Crippen LogP contribution is -2.23. The van der Waals surface area contributed by atoms with Crippen LogP contribution in [0, 0.1) is 6.92 Å². The molecule has 0 spiro atoms. The molecule has 2 N–H and O–H groups in total. The van der Waals surface area contributed by atoms with E-state index in [4.69, 9.17) is 16.7 Å². The molecule has 0 aliphatic rings. The third-order valence-electron chi connectivity index (χ3n) is 3.05. The Labute approximate surface area is 133 Å². The number of carbonyl (C=O) groups is 1. The van der Waals surface area contributed by atoms with E-state index < -0.39 is 16.0 Å². The van der Waals surface area contributed by atoms with Gasteiger partial charge in [0.25, 0.3) is 0 Å². The van der Waals surface area contributed by atoms with Gasteiger partial charge in [0.15, 0.2) is 0 Å². The number of rotatable bonds is 5. The van der Waals surface area contributed by atoms with Crippen LogP contribution < -0.4 is 4.72 Å². The number of hydrogen-bond donors (Lipinski definition) is 2. The molecule has 0 aliphatic carbocycles. The van der Waals surface area contributed by atoms with Gasteiger partial charge >= 0.3 is 5.97 Å². The fraction of sp³-hybridized carbons (Fsp3) is 0.133. The van der Waals surface area contributed by atoms with Crippen molar-refractivity contribution in [3.8, 4) is 0 Å². The average Bonchev–Trinajstić information content (AvgIpc) is 2.46. The van der Waals surface area contributed by atoms with Crippen LogP contribution in [0.5, 0.6) is 0 Å². The monoisotopic (exact) mass is 339 g/mol. The first-order chi connectivity index (χ1) is 10.3. The maximum atomic E-state index is 12.3. The molecular weight excluding hydrogens is 326 g/mol. The summed E-state index contributed by atoms with van der Waals surface area (Å²) in [6.07, 6.45) is 0. The van der Waals surface area contributed by atoms with Crippen molar-refractivity contribution in [1.29, 1.82) is 0 Å². The Kier molecular flexibility index (Phi) is 4.85. The molecule has 0 aliphatic heterocycles. The van der Waals surface area contributed by atoms with Crippen LogP contribution in [-0.4, -0.2) is 19.5 Å². The van der Waals surface area contributed by atoms with Gasteiger partial charge < -0.3 is 5.11 Å². The highest BCUT2D eigenvalue weighted by atomic mass is 35.5. The Balaban J connectivity index is 2.25. The van der Waals surface area contributed by atoms with Crippen molar-refractivity contribution in [1.82, 2.24) is 4.72 Å². The Morgan fingerprint density at radius 3 is 2.41 bits per heavy atom. The summed E-state index contributed by atoms with van der Waals surface area (Å²) in [5.41, 5.74) is 1.73. The predicted octanol–water partition coefficient (Wildman–Crippen LogP) is 2.83. The quantitative estimate of drug-likeness (QED) is 0.877. The first-order valence-electron chi connectivity index (χ1n) is 6.37. The van der Waals surface area contributed by atoms with Gasteiger partial charge in [-0.25, -0.2) is 17.9 Å². The lowest BCUT2D eigenvalue weighted by atomic mass is 10.2. The Morgan fingerprint density at radius 1 is 1.18 bits per heavy atom. The SMILES string of the molecule is Cc1ccc(CNS(=O)(=O)c2cc(C(=O)O)ccc2Cl)cc1. The van der Waals surface area contributed by atoms with E-state index in [1.807, 2.05) is 31.2 Å². The summed E-state index contributed by atoms with van der Waals surface area (Å²) in [6, 6.07) is 10.9. The normalized spacial score (nSPS) is 11.4. The van der Waals surface area contributed by atoms with Gasteiger partial charge in [0.1, 0.15) is 4.90 Å². The summed E-state index contributed by atoms with van der Waals surface area (Å²) in [4.78, 5) is 10.7. The summed E-state index contributed by atoms with van der Waals surface area (Å²) in [7, 11) is -3.90. The maximum absolute atomic E-state index is 12.3. The number of carboxylic acid groups (broad SMARTS) is 1. The number of carboxylic acids is 1. The molecule has 0 saturated heterocycles. The van der Waals surface area contributed by atoms with Crippen LogP contribution in [0.15, 0.2) is 47.4 Å². The lowest BCUT2D eigenvalue weighted by Gasteiger charge is -2.09. The van der Waals surface area contributed by atoms with E-state index >= 15 is 0 Å². The highest BCUT2D eigenvalue weighted by Gasteiger charge is 2.19. The van der Waals surface area contributed by atoms with E-state index in [-0.39, 0.29) is 22.0 Å². The Morgan fingerprint density at radius 2 is 1.82 bits per heavy atom. The maximum Gasteiger partial charge on any atom is 0.335 e. The molecule has 0 fully saturated rings. The lowest BCUT2D eigenvalue weighted by molar-refractivity contribution is 0.0696. The van der Waals surface area contributed by atoms with Crippen molar-refractivity contribution in [3.05, 3.63) is 64.2 Å². The van der Waals surface area contributed by atoms with Crippen molar-refractivity contribution in [2.45, 2.75) is 18.4 Å². The second-order valence-electron chi connectivity index (χ2n) is 4.76. The molecule has 116 valence electrons. The largest absolute Gasteiger partial charge is 0.478 e. The molecular formula is C15H14ClNO4S. The molecule has 2 rings (SSSR count). The fourth-order valence-electron chi connectivity index (χ4n) is 1.80.